The van der Waals surface area contributed by atoms with Gasteiger partial charge in [0.15, 0.2) is 0 Å². The predicted molar refractivity (Wildman–Crippen MR) is 103 cm³/mol. The van der Waals surface area contributed by atoms with Crippen LogP contribution in [0.25, 0.3) is 0 Å². The van der Waals surface area contributed by atoms with Gasteiger partial charge in [-0.1, -0.05) is 30.3 Å². The molecule has 1 heterocycles. The molecule has 1 unspecified atom stereocenters. The first kappa shape index (κ1) is 18.7. The van der Waals surface area contributed by atoms with E-state index in [0.29, 0.717) is 32.5 Å². The van der Waals surface area contributed by atoms with Crippen molar-refractivity contribution in [2.24, 2.45) is 0 Å². The molecule has 0 aromatic heterocycles. The monoisotopic (exact) mass is 356 g/mol. The standard InChI is InChI=1S/C21H28N2O3/c1-2-4-18(5-3-1)17-26-21-8-6-20(7-9-21)25-15-14-24-13-12-23-19-10-11-22-16-19/h1-9,19,22-23H,10-17H2. The highest BCUT2D eigenvalue weighted by molar-refractivity contribution is 5.31. The van der Waals surface area contributed by atoms with E-state index in [1.165, 1.54) is 6.42 Å². The number of hydrogen-bond acceptors (Lipinski definition) is 5. The first-order valence-corrected chi connectivity index (χ1v) is 9.31. The van der Waals surface area contributed by atoms with Gasteiger partial charge < -0.3 is 24.8 Å². The van der Waals surface area contributed by atoms with Gasteiger partial charge in [-0.25, -0.2) is 0 Å². The van der Waals surface area contributed by atoms with E-state index in [4.69, 9.17) is 14.2 Å². The van der Waals surface area contributed by atoms with Crippen molar-refractivity contribution in [1.82, 2.24) is 10.6 Å². The molecule has 0 radical (unpaired) electrons. The molecular formula is C21H28N2O3. The van der Waals surface area contributed by atoms with E-state index in [0.717, 1.165) is 36.7 Å². The molecule has 1 saturated heterocycles. The fourth-order valence-corrected chi connectivity index (χ4v) is 2.86. The zero-order chi connectivity index (χ0) is 17.9. The largest absolute Gasteiger partial charge is 0.491 e. The Morgan fingerprint density at radius 2 is 1.65 bits per heavy atom. The lowest BCUT2D eigenvalue weighted by atomic mass is 10.2. The van der Waals surface area contributed by atoms with Crippen LogP contribution >= 0.6 is 0 Å². The summed E-state index contributed by atoms with van der Waals surface area (Å²) in [4.78, 5) is 0. The minimum absolute atomic E-state index is 0.551. The third-order valence-electron chi connectivity index (χ3n) is 4.31. The molecule has 1 aliphatic rings. The Morgan fingerprint density at radius 1 is 0.885 bits per heavy atom. The third kappa shape index (κ3) is 6.67. The molecule has 2 aromatic carbocycles. The maximum atomic E-state index is 5.77. The van der Waals surface area contributed by atoms with Gasteiger partial charge in [-0.05, 0) is 42.8 Å². The van der Waals surface area contributed by atoms with Crippen LogP contribution in [0.5, 0.6) is 11.5 Å². The van der Waals surface area contributed by atoms with E-state index in [1.54, 1.807) is 0 Å². The molecule has 0 aliphatic carbocycles. The van der Waals surface area contributed by atoms with Gasteiger partial charge in [0.05, 0.1) is 13.2 Å². The van der Waals surface area contributed by atoms with Gasteiger partial charge in [0.25, 0.3) is 0 Å². The first-order chi connectivity index (χ1) is 12.9. The predicted octanol–water partition coefficient (Wildman–Crippen LogP) is 2.61. The summed E-state index contributed by atoms with van der Waals surface area (Å²) >= 11 is 0. The normalized spacial score (nSPS) is 16.5. The molecule has 140 valence electrons. The van der Waals surface area contributed by atoms with E-state index in [2.05, 4.69) is 22.8 Å². The topological polar surface area (TPSA) is 51.8 Å². The van der Waals surface area contributed by atoms with E-state index in [9.17, 15) is 0 Å². The molecule has 5 heteroatoms. The van der Waals surface area contributed by atoms with Crippen molar-refractivity contribution in [2.75, 3.05) is 39.5 Å². The zero-order valence-corrected chi connectivity index (χ0v) is 15.2. The molecule has 0 amide bonds. The van der Waals surface area contributed by atoms with Crippen molar-refractivity contribution in [3.63, 3.8) is 0 Å². The Labute approximate surface area is 155 Å². The molecule has 0 spiro atoms. The van der Waals surface area contributed by atoms with Crippen LogP contribution in [-0.2, 0) is 11.3 Å². The highest BCUT2D eigenvalue weighted by atomic mass is 16.5. The second-order valence-corrected chi connectivity index (χ2v) is 6.35. The summed E-state index contributed by atoms with van der Waals surface area (Å²) in [5.41, 5.74) is 1.16. The van der Waals surface area contributed by atoms with Crippen LogP contribution in [0.1, 0.15) is 12.0 Å². The summed E-state index contributed by atoms with van der Waals surface area (Å²) in [6.07, 6.45) is 1.20. The van der Waals surface area contributed by atoms with Crippen LogP contribution in [0.2, 0.25) is 0 Å². The highest BCUT2D eigenvalue weighted by Crippen LogP contribution is 2.18. The lowest BCUT2D eigenvalue weighted by Gasteiger charge is -2.12. The zero-order valence-electron chi connectivity index (χ0n) is 15.2. The van der Waals surface area contributed by atoms with Crippen LogP contribution in [0.15, 0.2) is 54.6 Å². The van der Waals surface area contributed by atoms with Crippen LogP contribution in [0.4, 0.5) is 0 Å². The van der Waals surface area contributed by atoms with Gasteiger partial charge in [0.1, 0.15) is 24.7 Å². The number of ether oxygens (including phenoxy) is 3. The Balaban J connectivity index is 1.24. The van der Waals surface area contributed by atoms with Crippen molar-refractivity contribution in [3.8, 4) is 11.5 Å². The van der Waals surface area contributed by atoms with Crippen LogP contribution in [-0.4, -0.2) is 45.5 Å². The molecule has 1 aliphatic heterocycles. The fourth-order valence-electron chi connectivity index (χ4n) is 2.86. The summed E-state index contributed by atoms with van der Waals surface area (Å²) in [6.45, 7) is 5.49. The lowest BCUT2D eigenvalue weighted by Crippen LogP contribution is -2.33. The van der Waals surface area contributed by atoms with E-state index < -0.39 is 0 Å². The number of hydrogen-bond donors (Lipinski definition) is 2. The average Bonchev–Trinajstić information content (AvgIpc) is 3.21. The molecular weight excluding hydrogens is 328 g/mol. The second-order valence-electron chi connectivity index (χ2n) is 6.35. The molecule has 1 atom stereocenters. The molecule has 0 saturated carbocycles. The highest BCUT2D eigenvalue weighted by Gasteiger charge is 2.12. The summed E-state index contributed by atoms with van der Waals surface area (Å²) in [6, 6.07) is 18.4. The van der Waals surface area contributed by atoms with E-state index in [-0.39, 0.29) is 0 Å². The van der Waals surface area contributed by atoms with Gasteiger partial charge in [0.2, 0.25) is 0 Å². The van der Waals surface area contributed by atoms with Gasteiger partial charge in [-0.3, -0.25) is 0 Å². The minimum Gasteiger partial charge on any atom is -0.491 e. The van der Waals surface area contributed by atoms with Crippen molar-refractivity contribution < 1.29 is 14.2 Å². The van der Waals surface area contributed by atoms with Crippen molar-refractivity contribution in [2.45, 2.75) is 19.1 Å². The van der Waals surface area contributed by atoms with Gasteiger partial charge >= 0.3 is 0 Å². The Kier molecular flexibility index (Phi) is 7.78. The van der Waals surface area contributed by atoms with E-state index in [1.807, 2.05) is 42.5 Å². The Morgan fingerprint density at radius 3 is 2.38 bits per heavy atom. The number of rotatable bonds is 11. The molecule has 26 heavy (non-hydrogen) atoms. The summed E-state index contributed by atoms with van der Waals surface area (Å²) in [5.74, 6) is 1.67. The lowest BCUT2D eigenvalue weighted by molar-refractivity contribution is 0.101. The SMILES string of the molecule is c1ccc(COc2ccc(OCCOCCNC3CCNC3)cc2)cc1. The van der Waals surface area contributed by atoms with Crippen molar-refractivity contribution in [1.29, 1.82) is 0 Å². The first-order valence-electron chi connectivity index (χ1n) is 9.31. The maximum absolute atomic E-state index is 5.77. The van der Waals surface area contributed by atoms with Crippen molar-refractivity contribution in [3.05, 3.63) is 60.2 Å². The molecule has 3 rings (SSSR count). The van der Waals surface area contributed by atoms with Crippen LogP contribution < -0.4 is 20.1 Å². The molecule has 0 bridgehead atoms. The number of benzene rings is 2. The molecule has 5 nitrogen and oxygen atoms in total. The van der Waals surface area contributed by atoms with Crippen LogP contribution in [0, 0.1) is 0 Å². The second kappa shape index (κ2) is 10.8. The quantitative estimate of drug-likeness (QED) is 0.606. The average molecular weight is 356 g/mol. The molecule has 1 fully saturated rings. The van der Waals surface area contributed by atoms with Crippen molar-refractivity contribution >= 4 is 0 Å². The van der Waals surface area contributed by atoms with E-state index >= 15 is 0 Å². The summed E-state index contributed by atoms with van der Waals surface area (Å²) in [7, 11) is 0. The number of nitrogens with one attached hydrogen (secondary N) is 2. The fraction of sp³-hybridized carbons (Fsp3) is 0.429. The van der Waals surface area contributed by atoms with Crippen LogP contribution in [0.3, 0.4) is 0 Å². The van der Waals surface area contributed by atoms with Gasteiger partial charge in [-0.15, -0.1) is 0 Å². The van der Waals surface area contributed by atoms with Gasteiger partial charge in [0, 0.05) is 19.1 Å². The molecule has 2 aromatic rings. The minimum atomic E-state index is 0.551. The smallest absolute Gasteiger partial charge is 0.120 e. The van der Waals surface area contributed by atoms with Gasteiger partial charge in [-0.2, -0.15) is 0 Å². The maximum Gasteiger partial charge on any atom is 0.120 e. The third-order valence-corrected chi connectivity index (χ3v) is 4.31. The molecule has 2 N–H and O–H groups in total. The summed E-state index contributed by atoms with van der Waals surface area (Å²) < 4.78 is 17.1. The summed E-state index contributed by atoms with van der Waals surface area (Å²) in [5, 5.41) is 6.82. The Hall–Kier alpha value is -2.08. The Bertz CT molecular complexity index is 613.